The van der Waals surface area contributed by atoms with Crippen LogP contribution in [0.2, 0.25) is 5.02 Å². The average molecular weight is 499 g/mol. The molecule has 0 unspecified atom stereocenters. The van der Waals surface area contributed by atoms with Crippen LogP contribution in [0.25, 0.3) is 6.08 Å². The van der Waals surface area contributed by atoms with Crippen LogP contribution in [0.15, 0.2) is 69.6 Å². The number of nitrogens with zero attached hydrogens (tertiary/aromatic N) is 2. The molecule has 0 bridgehead atoms. The largest absolute Gasteiger partial charge is 0.497 e. The van der Waals surface area contributed by atoms with Crippen LogP contribution in [0.4, 0.5) is 0 Å². The van der Waals surface area contributed by atoms with E-state index in [1.54, 1.807) is 38.3 Å². The minimum atomic E-state index is -0.703. The number of hydrogen-bond donors (Lipinski definition) is 0. The number of carbonyl (C=O) groups excluding carboxylic acids is 1. The number of fused-ring (bicyclic) bond motifs is 1. The maximum Gasteiger partial charge on any atom is 0.338 e. The molecule has 0 saturated heterocycles. The van der Waals surface area contributed by atoms with Gasteiger partial charge in [-0.1, -0.05) is 53.3 Å². The molecule has 7 nitrogen and oxygen atoms in total. The van der Waals surface area contributed by atoms with Gasteiger partial charge in [-0.2, -0.15) is 0 Å². The standard InChI is InChI=1S/C25H23ClN2O5S/c1-15-21(24(30)33-13-12-31-2)22(16-8-10-18(32-3)11-9-16)28-23(29)20(34-25(28)27-15)14-17-6-4-5-7-19(17)26/h4-11,14,22H,12-13H2,1-3H3/b20-14+/t22-/m1/s1. The number of thiazole rings is 1. The van der Waals surface area contributed by atoms with Crippen molar-refractivity contribution in [3.63, 3.8) is 0 Å². The molecule has 1 aromatic heterocycles. The molecule has 0 amide bonds. The first-order chi connectivity index (χ1) is 16.4. The van der Waals surface area contributed by atoms with E-state index in [2.05, 4.69) is 4.99 Å². The van der Waals surface area contributed by atoms with E-state index in [0.717, 1.165) is 11.1 Å². The summed E-state index contributed by atoms with van der Waals surface area (Å²) in [5.41, 5.74) is 2.00. The number of esters is 1. The number of methoxy groups -OCH3 is 2. The molecule has 0 saturated carbocycles. The maximum absolute atomic E-state index is 13.6. The number of halogens is 1. The van der Waals surface area contributed by atoms with Gasteiger partial charge in [0.2, 0.25) is 0 Å². The third kappa shape index (κ3) is 4.70. The van der Waals surface area contributed by atoms with Gasteiger partial charge >= 0.3 is 5.97 Å². The highest BCUT2D eigenvalue weighted by atomic mass is 35.5. The second-order valence-electron chi connectivity index (χ2n) is 7.51. The van der Waals surface area contributed by atoms with Crippen LogP contribution in [0.1, 0.15) is 24.1 Å². The molecule has 0 radical (unpaired) electrons. The van der Waals surface area contributed by atoms with Crippen LogP contribution in [-0.4, -0.2) is 38.0 Å². The topological polar surface area (TPSA) is 79.1 Å². The SMILES string of the molecule is COCCOC(=O)C1=C(C)N=c2s/c(=C/c3ccccc3Cl)c(=O)n2[C@@H]1c1ccc(OC)cc1. The van der Waals surface area contributed by atoms with Crippen molar-refractivity contribution >= 4 is 35.0 Å². The lowest BCUT2D eigenvalue weighted by atomic mass is 9.96. The molecule has 4 rings (SSSR count). The molecule has 0 aliphatic carbocycles. The third-order valence-electron chi connectivity index (χ3n) is 5.39. The van der Waals surface area contributed by atoms with Gasteiger partial charge in [-0.3, -0.25) is 9.36 Å². The molecule has 1 aliphatic heterocycles. The minimum Gasteiger partial charge on any atom is -0.497 e. The second-order valence-corrected chi connectivity index (χ2v) is 8.92. The summed E-state index contributed by atoms with van der Waals surface area (Å²) in [5.74, 6) is 0.124. The molecule has 34 heavy (non-hydrogen) atoms. The summed E-state index contributed by atoms with van der Waals surface area (Å²) in [6.45, 7) is 2.11. The van der Waals surface area contributed by atoms with Crippen LogP contribution >= 0.6 is 22.9 Å². The summed E-state index contributed by atoms with van der Waals surface area (Å²) in [7, 11) is 3.11. The lowest BCUT2D eigenvalue weighted by Crippen LogP contribution is -2.40. The smallest absolute Gasteiger partial charge is 0.338 e. The fraction of sp³-hybridized carbons (Fsp3) is 0.240. The van der Waals surface area contributed by atoms with E-state index in [-0.39, 0.29) is 18.8 Å². The second kappa shape index (κ2) is 10.4. The first-order valence-electron chi connectivity index (χ1n) is 10.5. The van der Waals surface area contributed by atoms with Gasteiger partial charge in [0, 0.05) is 12.1 Å². The predicted molar refractivity (Wildman–Crippen MR) is 131 cm³/mol. The van der Waals surface area contributed by atoms with Gasteiger partial charge in [0.25, 0.3) is 5.56 Å². The number of benzene rings is 2. The van der Waals surface area contributed by atoms with E-state index >= 15 is 0 Å². The van der Waals surface area contributed by atoms with Crippen LogP contribution in [-0.2, 0) is 14.3 Å². The Hall–Kier alpha value is -3.20. The highest BCUT2D eigenvalue weighted by Gasteiger charge is 2.33. The van der Waals surface area contributed by atoms with E-state index < -0.39 is 12.0 Å². The number of allylic oxidation sites excluding steroid dienone is 1. The Labute approximate surface area is 205 Å². The molecule has 1 aliphatic rings. The van der Waals surface area contributed by atoms with Gasteiger partial charge in [-0.25, -0.2) is 9.79 Å². The van der Waals surface area contributed by atoms with Crippen molar-refractivity contribution in [1.29, 1.82) is 0 Å². The molecule has 9 heteroatoms. The number of carbonyl (C=O) groups is 1. The normalized spacial score (nSPS) is 15.6. The Morgan fingerprint density at radius 2 is 1.88 bits per heavy atom. The molecule has 0 fully saturated rings. The quantitative estimate of drug-likeness (QED) is 0.369. The summed E-state index contributed by atoms with van der Waals surface area (Å²) in [4.78, 5) is 31.8. The first-order valence-corrected chi connectivity index (χ1v) is 11.7. The Bertz CT molecular complexity index is 1420. The number of ether oxygens (including phenoxy) is 3. The fourth-order valence-corrected chi connectivity index (χ4v) is 4.94. The lowest BCUT2D eigenvalue weighted by Gasteiger charge is -2.25. The number of hydrogen-bond acceptors (Lipinski definition) is 7. The molecule has 0 spiro atoms. The van der Waals surface area contributed by atoms with Crippen molar-refractivity contribution in [2.75, 3.05) is 27.4 Å². The van der Waals surface area contributed by atoms with E-state index in [1.807, 2.05) is 30.3 Å². The van der Waals surface area contributed by atoms with Gasteiger partial charge < -0.3 is 14.2 Å². The molecule has 1 atom stereocenters. The monoisotopic (exact) mass is 498 g/mol. The van der Waals surface area contributed by atoms with Gasteiger partial charge in [-0.05, 0) is 42.3 Å². The van der Waals surface area contributed by atoms with Gasteiger partial charge in [0.05, 0.1) is 35.6 Å². The maximum atomic E-state index is 13.6. The Kier molecular flexibility index (Phi) is 7.31. The fourth-order valence-electron chi connectivity index (χ4n) is 3.71. The van der Waals surface area contributed by atoms with Gasteiger partial charge in [-0.15, -0.1) is 0 Å². The summed E-state index contributed by atoms with van der Waals surface area (Å²) in [6.07, 6.45) is 1.74. The van der Waals surface area contributed by atoms with E-state index in [1.165, 1.54) is 23.0 Å². The summed E-state index contributed by atoms with van der Waals surface area (Å²) in [6, 6.07) is 13.8. The zero-order valence-corrected chi connectivity index (χ0v) is 20.5. The highest BCUT2D eigenvalue weighted by molar-refractivity contribution is 7.07. The zero-order chi connectivity index (χ0) is 24.2. The van der Waals surface area contributed by atoms with Crippen molar-refractivity contribution in [3.05, 3.63) is 95.6 Å². The van der Waals surface area contributed by atoms with Crippen molar-refractivity contribution in [1.82, 2.24) is 4.57 Å². The van der Waals surface area contributed by atoms with Gasteiger partial charge in [0.1, 0.15) is 12.4 Å². The lowest BCUT2D eigenvalue weighted by molar-refractivity contribution is -0.140. The van der Waals surface area contributed by atoms with Crippen LogP contribution in [0, 0.1) is 0 Å². The van der Waals surface area contributed by atoms with Crippen molar-refractivity contribution < 1.29 is 19.0 Å². The number of rotatable bonds is 7. The van der Waals surface area contributed by atoms with E-state index in [9.17, 15) is 9.59 Å². The highest BCUT2D eigenvalue weighted by Crippen LogP contribution is 2.31. The summed E-state index contributed by atoms with van der Waals surface area (Å²) >= 11 is 7.55. The van der Waals surface area contributed by atoms with Crippen LogP contribution in [0.3, 0.4) is 0 Å². The van der Waals surface area contributed by atoms with E-state index in [4.69, 9.17) is 25.8 Å². The molecular weight excluding hydrogens is 476 g/mol. The van der Waals surface area contributed by atoms with Crippen molar-refractivity contribution in [3.8, 4) is 5.75 Å². The molecule has 2 aromatic carbocycles. The molecule has 0 N–H and O–H groups in total. The zero-order valence-electron chi connectivity index (χ0n) is 18.9. The van der Waals surface area contributed by atoms with E-state index in [0.29, 0.717) is 31.4 Å². The molecule has 3 aromatic rings. The third-order valence-corrected chi connectivity index (χ3v) is 6.71. The van der Waals surface area contributed by atoms with Crippen molar-refractivity contribution in [2.45, 2.75) is 13.0 Å². The van der Waals surface area contributed by atoms with Crippen LogP contribution < -0.4 is 19.6 Å². The molecular formula is C25H23ClN2O5S. The average Bonchev–Trinajstić information content (AvgIpc) is 3.14. The first kappa shape index (κ1) is 23.9. The minimum absolute atomic E-state index is 0.0956. The Balaban J connectivity index is 1.89. The number of aromatic nitrogens is 1. The summed E-state index contributed by atoms with van der Waals surface area (Å²) < 4.78 is 17.7. The molecule has 2 heterocycles. The summed E-state index contributed by atoms with van der Waals surface area (Å²) in [5, 5.41) is 0.540. The van der Waals surface area contributed by atoms with Crippen molar-refractivity contribution in [2.24, 2.45) is 4.99 Å². The Morgan fingerprint density at radius 3 is 2.56 bits per heavy atom. The predicted octanol–water partition coefficient (Wildman–Crippen LogP) is 3.09. The van der Waals surface area contributed by atoms with Crippen LogP contribution in [0.5, 0.6) is 5.75 Å². The Morgan fingerprint density at radius 1 is 1.15 bits per heavy atom. The van der Waals surface area contributed by atoms with Gasteiger partial charge in [0.15, 0.2) is 4.80 Å². The molecule has 176 valence electrons.